The summed E-state index contributed by atoms with van der Waals surface area (Å²) in [5.41, 5.74) is 2.64. The highest BCUT2D eigenvalue weighted by Gasteiger charge is 2.25. The van der Waals surface area contributed by atoms with Crippen molar-refractivity contribution in [1.29, 1.82) is 0 Å². The molecule has 0 aliphatic heterocycles. The van der Waals surface area contributed by atoms with Crippen LogP contribution < -0.4 is 10.2 Å². The average Bonchev–Trinajstić information content (AvgIpc) is 3.16. The van der Waals surface area contributed by atoms with Crippen LogP contribution in [0.4, 0.5) is 5.69 Å². The molecule has 0 aromatic heterocycles. The predicted molar refractivity (Wildman–Crippen MR) is 90.7 cm³/mol. The van der Waals surface area contributed by atoms with Gasteiger partial charge in [-0.2, -0.15) is 0 Å². The molecule has 2 N–H and O–H groups in total. The summed E-state index contributed by atoms with van der Waals surface area (Å²) < 4.78 is 1.12. The number of halogens is 1. The monoisotopic (exact) mass is 352 g/mol. The average molecular weight is 353 g/mol. The molecule has 3 nitrogen and oxygen atoms in total. The summed E-state index contributed by atoms with van der Waals surface area (Å²) in [6, 6.07) is 7.87. The van der Waals surface area contributed by atoms with Gasteiger partial charge in [0, 0.05) is 35.3 Å². The second-order valence-corrected chi connectivity index (χ2v) is 7.20. The molecule has 3 rings (SSSR count). The maximum absolute atomic E-state index is 9.48. The molecule has 0 unspecified atom stereocenters. The van der Waals surface area contributed by atoms with Gasteiger partial charge in [0.15, 0.2) is 0 Å². The van der Waals surface area contributed by atoms with E-state index in [1.165, 1.54) is 49.8 Å². The van der Waals surface area contributed by atoms with Gasteiger partial charge in [-0.3, -0.25) is 0 Å². The van der Waals surface area contributed by atoms with Gasteiger partial charge >= 0.3 is 0 Å². The molecule has 0 radical (unpaired) electrons. The van der Waals surface area contributed by atoms with Crippen LogP contribution >= 0.6 is 15.9 Å². The van der Waals surface area contributed by atoms with E-state index < -0.39 is 0 Å². The number of nitrogens with one attached hydrogen (secondary N) is 1. The molecular weight excluding hydrogens is 328 g/mol. The molecule has 2 saturated carbocycles. The number of anilines is 1. The van der Waals surface area contributed by atoms with Gasteiger partial charge in [-0.1, -0.05) is 34.8 Å². The van der Waals surface area contributed by atoms with E-state index in [2.05, 4.69) is 44.3 Å². The Morgan fingerprint density at radius 1 is 1.19 bits per heavy atom. The second kappa shape index (κ2) is 7.12. The first-order chi connectivity index (χ1) is 10.3. The van der Waals surface area contributed by atoms with Crippen LogP contribution in [0, 0.1) is 0 Å². The lowest BCUT2D eigenvalue weighted by atomic mass is 10.1. The van der Waals surface area contributed by atoms with Crippen molar-refractivity contribution in [3.63, 3.8) is 0 Å². The summed E-state index contributed by atoms with van der Waals surface area (Å²) in [6.07, 6.45) is 7.76. The molecular formula is C17H25BrN2O. The van der Waals surface area contributed by atoms with Crippen LogP contribution in [0.3, 0.4) is 0 Å². The lowest BCUT2D eigenvalue weighted by Gasteiger charge is -2.32. The van der Waals surface area contributed by atoms with Crippen molar-refractivity contribution < 1.29 is 5.11 Å². The maximum Gasteiger partial charge on any atom is 0.0606 e. The first kappa shape index (κ1) is 15.3. The van der Waals surface area contributed by atoms with E-state index in [-0.39, 0.29) is 6.61 Å². The Morgan fingerprint density at radius 3 is 2.62 bits per heavy atom. The summed E-state index contributed by atoms with van der Waals surface area (Å²) in [5.74, 6) is 0. The molecule has 2 aliphatic rings. The van der Waals surface area contributed by atoms with Crippen LogP contribution in [0.15, 0.2) is 22.7 Å². The van der Waals surface area contributed by atoms with Gasteiger partial charge in [0.1, 0.15) is 0 Å². The Kier molecular flexibility index (Phi) is 5.19. The quantitative estimate of drug-likeness (QED) is 0.788. The summed E-state index contributed by atoms with van der Waals surface area (Å²) in [6.45, 7) is 1.89. The molecule has 0 amide bonds. The molecule has 1 aromatic rings. The first-order valence-electron chi connectivity index (χ1n) is 8.17. The van der Waals surface area contributed by atoms with Crippen molar-refractivity contribution in [2.75, 3.05) is 18.1 Å². The van der Waals surface area contributed by atoms with Crippen LogP contribution in [-0.2, 0) is 6.54 Å². The zero-order valence-electron chi connectivity index (χ0n) is 12.5. The second-order valence-electron chi connectivity index (χ2n) is 6.28. The first-order valence-corrected chi connectivity index (χ1v) is 8.96. The van der Waals surface area contributed by atoms with Crippen molar-refractivity contribution in [2.24, 2.45) is 0 Å². The number of rotatable bonds is 7. The standard InChI is InChI=1S/C17H25BrN2O/c18-14-6-5-13(12-19-15-7-8-15)17(11-14)20(9-10-21)16-3-1-2-4-16/h5-6,11,15-16,19,21H,1-4,7-10,12H2. The third-order valence-corrected chi connectivity index (χ3v) is 5.11. The summed E-state index contributed by atoms with van der Waals surface area (Å²) in [7, 11) is 0. The minimum atomic E-state index is 0.221. The molecule has 0 saturated heterocycles. The fourth-order valence-electron chi connectivity index (χ4n) is 3.32. The molecule has 116 valence electrons. The topological polar surface area (TPSA) is 35.5 Å². The lowest BCUT2D eigenvalue weighted by Crippen LogP contribution is -2.36. The molecule has 21 heavy (non-hydrogen) atoms. The van der Waals surface area contributed by atoms with Gasteiger partial charge in [0.25, 0.3) is 0 Å². The van der Waals surface area contributed by atoms with Crippen molar-refractivity contribution in [3.05, 3.63) is 28.2 Å². The molecule has 2 fully saturated rings. The Balaban J connectivity index is 1.82. The Hall–Kier alpha value is -0.580. The number of aliphatic hydroxyl groups is 1. The number of aliphatic hydroxyl groups excluding tert-OH is 1. The molecule has 2 aliphatic carbocycles. The molecule has 0 spiro atoms. The Labute approximate surface area is 135 Å². The Bertz CT molecular complexity index is 470. The van der Waals surface area contributed by atoms with E-state index in [1.54, 1.807) is 0 Å². The van der Waals surface area contributed by atoms with E-state index in [4.69, 9.17) is 0 Å². The third-order valence-electron chi connectivity index (χ3n) is 4.62. The number of nitrogens with zero attached hydrogens (tertiary/aromatic N) is 1. The van der Waals surface area contributed by atoms with Gasteiger partial charge in [-0.05, 0) is 43.4 Å². The van der Waals surface area contributed by atoms with Gasteiger partial charge < -0.3 is 15.3 Å². The van der Waals surface area contributed by atoms with Crippen molar-refractivity contribution >= 4 is 21.6 Å². The van der Waals surface area contributed by atoms with Gasteiger partial charge in [-0.15, -0.1) is 0 Å². The molecule has 0 heterocycles. The van der Waals surface area contributed by atoms with Crippen LogP contribution in [0.1, 0.15) is 44.1 Å². The van der Waals surface area contributed by atoms with E-state index in [9.17, 15) is 5.11 Å². The highest BCUT2D eigenvalue weighted by atomic mass is 79.9. The maximum atomic E-state index is 9.48. The van der Waals surface area contributed by atoms with Crippen LogP contribution in [0.25, 0.3) is 0 Å². The highest BCUT2D eigenvalue weighted by Crippen LogP contribution is 2.32. The van der Waals surface area contributed by atoms with Gasteiger partial charge in [0.2, 0.25) is 0 Å². The SMILES string of the molecule is OCCN(c1cc(Br)ccc1CNC1CC1)C1CCCC1. The van der Waals surface area contributed by atoms with Crippen molar-refractivity contribution in [2.45, 2.75) is 57.2 Å². The molecule has 4 heteroatoms. The minimum absolute atomic E-state index is 0.221. The van der Waals surface area contributed by atoms with Crippen molar-refractivity contribution in [3.8, 4) is 0 Å². The Morgan fingerprint density at radius 2 is 1.95 bits per heavy atom. The van der Waals surface area contributed by atoms with E-state index in [1.807, 2.05) is 0 Å². The largest absolute Gasteiger partial charge is 0.395 e. The summed E-state index contributed by atoms with van der Waals surface area (Å²) in [5, 5.41) is 13.1. The minimum Gasteiger partial charge on any atom is -0.395 e. The van der Waals surface area contributed by atoms with Crippen LogP contribution in [-0.4, -0.2) is 30.3 Å². The van der Waals surface area contributed by atoms with Gasteiger partial charge in [0.05, 0.1) is 6.61 Å². The van der Waals surface area contributed by atoms with Crippen LogP contribution in [0.2, 0.25) is 0 Å². The molecule has 0 atom stereocenters. The van der Waals surface area contributed by atoms with E-state index in [0.717, 1.165) is 23.6 Å². The number of hydrogen-bond acceptors (Lipinski definition) is 3. The fraction of sp³-hybridized carbons (Fsp3) is 0.647. The molecule has 0 bridgehead atoms. The predicted octanol–water partition coefficient (Wildman–Crippen LogP) is 3.44. The molecule has 1 aromatic carbocycles. The fourth-order valence-corrected chi connectivity index (χ4v) is 3.67. The van der Waals surface area contributed by atoms with E-state index in [0.29, 0.717) is 6.04 Å². The normalized spacial score (nSPS) is 19.1. The number of hydrogen-bond donors (Lipinski definition) is 2. The van der Waals surface area contributed by atoms with E-state index >= 15 is 0 Å². The third kappa shape index (κ3) is 3.99. The highest BCUT2D eigenvalue weighted by molar-refractivity contribution is 9.10. The summed E-state index contributed by atoms with van der Waals surface area (Å²) >= 11 is 3.61. The zero-order valence-corrected chi connectivity index (χ0v) is 14.1. The summed E-state index contributed by atoms with van der Waals surface area (Å²) in [4.78, 5) is 2.43. The van der Waals surface area contributed by atoms with Gasteiger partial charge in [-0.25, -0.2) is 0 Å². The van der Waals surface area contributed by atoms with Crippen LogP contribution in [0.5, 0.6) is 0 Å². The smallest absolute Gasteiger partial charge is 0.0606 e. The lowest BCUT2D eigenvalue weighted by molar-refractivity contribution is 0.297. The number of benzene rings is 1. The van der Waals surface area contributed by atoms with Crippen molar-refractivity contribution in [1.82, 2.24) is 5.32 Å². The zero-order chi connectivity index (χ0) is 14.7.